The van der Waals surface area contributed by atoms with Crippen molar-refractivity contribution in [1.82, 2.24) is 19.2 Å². The molecule has 0 saturated carbocycles. The fraction of sp³-hybridized carbons (Fsp3) is 0.393. The van der Waals surface area contributed by atoms with Crippen molar-refractivity contribution in [3.8, 4) is 22.8 Å². The summed E-state index contributed by atoms with van der Waals surface area (Å²) in [5.41, 5.74) is 8.45. The molecule has 36 heavy (non-hydrogen) atoms. The molecule has 0 spiro atoms. The minimum absolute atomic E-state index is 0.134. The molecule has 8 nitrogen and oxygen atoms in total. The number of aryl methyl sites for hydroxylation is 1. The van der Waals surface area contributed by atoms with Crippen LogP contribution >= 0.6 is 0 Å². The van der Waals surface area contributed by atoms with E-state index in [1.165, 1.54) is 18.2 Å². The lowest BCUT2D eigenvalue weighted by Crippen LogP contribution is -2.31. The van der Waals surface area contributed by atoms with Gasteiger partial charge in [0, 0.05) is 36.8 Å². The molecule has 4 aromatic rings. The summed E-state index contributed by atoms with van der Waals surface area (Å²) < 4.78 is 14.9. The molecule has 8 heteroatoms. The average molecular weight is 494 g/mol. The van der Waals surface area contributed by atoms with E-state index in [4.69, 9.17) is 9.47 Å². The third kappa shape index (κ3) is 6.59. The number of ether oxygens (including phenoxy) is 2. The van der Waals surface area contributed by atoms with Crippen molar-refractivity contribution in [2.24, 2.45) is 5.73 Å². The molecule has 0 radical (unpaired) electrons. The number of nitrogens with zero attached hydrogens (tertiary/aromatic N) is 4. The molecule has 3 heterocycles. The highest BCUT2D eigenvalue weighted by molar-refractivity contribution is 5.69. The molecule has 0 saturated heterocycles. The molecule has 1 aromatic carbocycles. The van der Waals surface area contributed by atoms with E-state index < -0.39 is 0 Å². The minimum Gasteiger partial charge on any atom is -0.437 e. The third-order valence-electron chi connectivity index (χ3n) is 5.38. The zero-order valence-corrected chi connectivity index (χ0v) is 22.5. The first-order chi connectivity index (χ1) is 17.4. The first kappa shape index (κ1) is 28.7. The molecule has 0 aliphatic carbocycles. The first-order valence-corrected chi connectivity index (χ1v) is 12.4. The Hall–Kier alpha value is -3.49. The van der Waals surface area contributed by atoms with Crippen molar-refractivity contribution in [2.45, 2.75) is 60.1 Å². The second kappa shape index (κ2) is 14.2. The number of fused-ring (bicyclic) bond motifs is 1. The van der Waals surface area contributed by atoms with Gasteiger partial charge in [-0.1, -0.05) is 45.7 Å². The van der Waals surface area contributed by atoms with E-state index in [-0.39, 0.29) is 11.8 Å². The molecule has 0 aliphatic rings. The molecule has 1 atom stereocenters. The van der Waals surface area contributed by atoms with Crippen molar-refractivity contribution in [1.29, 1.82) is 0 Å². The molecule has 1 unspecified atom stereocenters. The van der Waals surface area contributed by atoms with E-state index in [0.29, 0.717) is 17.2 Å². The molecule has 194 valence electrons. The Morgan fingerprint density at radius 2 is 1.69 bits per heavy atom. The maximum absolute atomic E-state index is 13.0. The molecule has 3 aromatic heterocycles. The average Bonchev–Trinajstić information content (AvgIpc) is 3.38. The summed E-state index contributed by atoms with van der Waals surface area (Å²) in [7, 11) is 3.11. The highest BCUT2D eigenvalue weighted by Crippen LogP contribution is 2.29. The van der Waals surface area contributed by atoms with Crippen molar-refractivity contribution in [3.05, 3.63) is 76.6 Å². The topological polar surface area (TPSA) is 96.7 Å². The second-order valence-electron chi connectivity index (χ2n) is 8.18. The number of hydrogen-bond acceptors (Lipinski definition) is 6. The summed E-state index contributed by atoms with van der Waals surface area (Å²) in [6.45, 7) is 10.1. The fourth-order valence-electron chi connectivity index (χ4n) is 3.84. The van der Waals surface area contributed by atoms with Crippen LogP contribution in [-0.4, -0.2) is 33.3 Å². The molecule has 4 rings (SSSR count). The fourth-order valence-corrected chi connectivity index (χ4v) is 3.84. The van der Waals surface area contributed by atoms with Gasteiger partial charge in [0.2, 0.25) is 5.88 Å². The van der Waals surface area contributed by atoms with Gasteiger partial charge < -0.3 is 19.6 Å². The van der Waals surface area contributed by atoms with Crippen LogP contribution in [0, 0.1) is 13.8 Å². The Bertz CT molecular complexity index is 1280. The molecule has 0 amide bonds. The number of hydrogen-bond donors (Lipinski definition) is 1. The SMILES string of the molecule is CCC.CCCC(OC)n1nc(C)c(-c2ccc(Oc3nccn4cccc34)cc2)c(C)c1=O.CN. The number of nitrogens with two attached hydrogens (primary N) is 1. The number of benzene rings is 1. The van der Waals surface area contributed by atoms with E-state index in [9.17, 15) is 4.79 Å². The number of methoxy groups -OCH3 is 1. The smallest absolute Gasteiger partial charge is 0.272 e. The molecule has 2 N–H and O–H groups in total. The molecule has 0 bridgehead atoms. The highest BCUT2D eigenvalue weighted by Gasteiger charge is 2.18. The van der Waals surface area contributed by atoms with E-state index in [1.54, 1.807) is 13.3 Å². The lowest BCUT2D eigenvalue weighted by Gasteiger charge is -2.19. The number of aromatic nitrogens is 4. The van der Waals surface area contributed by atoms with Gasteiger partial charge in [-0.25, -0.2) is 9.67 Å². The Labute approximate surface area is 213 Å². The van der Waals surface area contributed by atoms with Crippen LogP contribution < -0.4 is 16.0 Å². The summed E-state index contributed by atoms with van der Waals surface area (Å²) in [6.07, 6.45) is 8.05. The largest absolute Gasteiger partial charge is 0.437 e. The molecule has 0 fully saturated rings. The van der Waals surface area contributed by atoms with Crippen molar-refractivity contribution < 1.29 is 9.47 Å². The van der Waals surface area contributed by atoms with Gasteiger partial charge in [0.15, 0.2) is 6.23 Å². The second-order valence-corrected chi connectivity index (χ2v) is 8.18. The van der Waals surface area contributed by atoms with Gasteiger partial charge in [0.25, 0.3) is 5.56 Å². The Morgan fingerprint density at radius 1 is 1.03 bits per heavy atom. The van der Waals surface area contributed by atoms with E-state index in [1.807, 2.05) is 67.0 Å². The van der Waals surface area contributed by atoms with Gasteiger partial charge in [-0.2, -0.15) is 5.10 Å². The highest BCUT2D eigenvalue weighted by atomic mass is 16.5. The molecular formula is C28H39N5O3. The predicted octanol–water partition coefficient (Wildman–Crippen LogP) is 5.90. The summed E-state index contributed by atoms with van der Waals surface area (Å²) in [4.78, 5) is 17.3. The van der Waals surface area contributed by atoms with E-state index >= 15 is 0 Å². The van der Waals surface area contributed by atoms with Crippen LogP contribution in [0.4, 0.5) is 0 Å². The maximum Gasteiger partial charge on any atom is 0.272 e. The zero-order valence-electron chi connectivity index (χ0n) is 22.5. The number of rotatable bonds is 7. The first-order valence-electron chi connectivity index (χ1n) is 12.4. The van der Waals surface area contributed by atoms with Crippen LogP contribution in [0.15, 0.2) is 59.8 Å². The van der Waals surface area contributed by atoms with Gasteiger partial charge in [0.05, 0.1) is 5.69 Å². The zero-order chi connectivity index (χ0) is 26.7. The predicted molar refractivity (Wildman–Crippen MR) is 146 cm³/mol. The Balaban J connectivity index is 0.000000850. The Morgan fingerprint density at radius 3 is 2.31 bits per heavy atom. The van der Waals surface area contributed by atoms with Crippen molar-refractivity contribution in [2.75, 3.05) is 14.2 Å². The summed E-state index contributed by atoms with van der Waals surface area (Å²) in [5, 5.41) is 4.55. The van der Waals surface area contributed by atoms with Gasteiger partial charge >= 0.3 is 0 Å². The normalized spacial score (nSPS) is 11.2. The van der Waals surface area contributed by atoms with Crippen LogP contribution in [0.25, 0.3) is 16.6 Å². The van der Waals surface area contributed by atoms with E-state index in [2.05, 4.69) is 36.6 Å². The standard InChI is InChI=1S/C24H26N4O3.C3H8.CH5N/c1-5-7-21(30-4)28-24(29)16(2)22(17(3)26-28)18-9-11-19(12-10-18)31-23-20-8-6-14-27(20)15-13-25-23;1-3-2;1-2/h6,8-15,21H,5,7H2,1-4H3;3H2,1-2H3;2H2,1H3. The Kier molecular flexibility index (Phi) is 11.3. The summed E-state index contributed by atoms with van der Waals surface area (Å²) >= 11 is 0. The van der Waals surface area contributed by atoms with E-state index in [0.717, 1.165) is 35.2 Å². The monoisotopic (exact) mass is 493 g/mol. The van der Waals surface area contributed by atoms with Crippen LogP contribution in [0.5, 0.6) is 11.6 Å². The van der Waals surface area contributed by atoms with Gasteiger partial charge in [0.1, 0.15) is 11.3 Å². The summed E-state index contributed by atoms with van der Waals surface area (Å²) in [6, 6.07) is 11.5. The molecular weight excluding hydrogens is 454 g/mol. The van der Waals surface area contributed by atoms with Crippen molar-refractivity contribution in [3.63, 3.8) is 0 Å². The summed E-state index contributed by atoms with van der Waals surface area (Å²) in [5.74, 6) is 1.21. The van der Waals surface area contributed by atoms with Crippen LogP contribution in [0.2, 0.25) is 0 Å². The van der Waals surface area contributed by atoms with Gasteiger partial charge in [-0.3, -0.25) is 4.79 Å². The van der Waals surface area contributed by atoms with Crippen LogP contribution in [-0.2, 0) is 4.74 Å². The van der Waals surface area contributed by atoms with Gasteiger partial charge in [-0.05, 0) is 57.1 Å². The lowest BCUT2D eigenvalue weighted by atomic mass is 10.0. The van der Waals surface area contributed by atoms with Crippen molar-refractivity contribution >= 4 is 5.52 Å². The van der Waals surface area contributed by atoms with Gasteiger partial charge in [-0.15, -0.1) is 0 Å². The third-order valence-corrected chi connectivity index (χ3v) is 5.38. The van der Waals surface area contributed by atoms with Crippen LogP contribution in [0.3, 0.4) is 0 Å². The molecule has 0 aliphatic heterocycles. The minimum atomic E-state index is -0.357. The lowest BCUT2D eigenvalue weighted by molar-refractivity contribution is 0.0218. The van der Waals surface area contributed by atoms with Crippen LogP contribution in [0.1, 0.15) is 57.5 Å². The quantitative estimate of drug-likeness (QED) is 0.344. The maximum atomic E-state index is 13.0.